The van der Waals surface area contributed by atoms with Crippen LogP contribution in [0.25, 0.3) is 0 Å². The molecule has 0 aliphatic rings. The Morgan fingerprint density at radius 2 is 2.21 bits per heavy atom. The van der Waals surface area contributed by atoms with Gasteiger partial charge in [-0.15, -0.1) is 0 Å². The fourth-order valence-electron chi connectivity index (χ4n) is 1.03. The predicted octanol–water partition coefficient (Wildman–Crippen LogP) is 1.85. The van der Waals surface area contributed by atoms with Crippen molar-refractivity contribution in [2.45, 2.75) is 12.5 Å². The van der Waals surface area contributed by atoms with Crippen LogP contribution in [-0.2, 0) is 10.3 Å². The van der Waals surface area contributed by atoms with Gasteiger partial charge >= 0.3 is 5.97 Å². The van der Waals surface area contributed by atoms with E-state index in [0.29, 0.717) is 10.0 Å². The minimum atomic E-state index is -1.52. The molecule has 0 heterocycles. The van der Waals surface area contributed by atoms with Crippen LogP contribution in [0.4, 0.5) is 4.39 Å². The summed E-state index contributed by atoms with van der Waals surface area (Å²) in [5, 5.41) is 8.85. The quantitative estimate of drug-likeness (QED) is 0.854. The zero-order chi connectivity index (χ0) is 10.9. The van der Waals surface area contributed by atoms with Crippen molar-refractivity contribution in [2.24, 2.45) is 5.73 Å². The van der Waals surface area contributed by atoms with Crippen molar-refractivity contribution in [1.82, 2.24) is 0 Å². The third-order valence-electron chi connectivity index (χ3n) is 1.93. The van der Waals surface area contributed by atoms with Crippen LogP contribution in [0.15, 0.2) is 22.7 Å². The number of hydrogen-bond donors (Lipinski definition) is 2. The van der Waals surface area contributed by atoms with Gasteiger partial charge in [0.1, 0.15) is 11.4 Å². The van der Waals surface area contributed by atoms with Crippen LogP contribution in [0.1, 0.15) is 12.5 Å². The van der Waals surface area contributed by atoms with Crippen molar-refractivity contribution in [3.8, 4) is 0 Å². The van der Waals surface area contributed by atoms with E-state index in [1.54, 1.807) is 0 Å². The Morgan fingerprint density at radius 1 is 1.64 bits per heavy atom. The minimum absolute atomic E-state index is 0.339. The van der Waals surface area contributed by atoms with Gasteiger partial charge in [-0.3, -0.25) is 0 Å². The van der Waals surface area contributed by atoms with Crippen LogP contribution in [0.3, 0.4) is 0 Å². The molecule has 14 heavy (non-hydrogen) atoms. The number of carboxylic acid groups (broad SMARTS) is 1. The highest BCUT2D eigenvalue weighted by Crippen LogP contribution is 2.27. The van der Waals surface area contributed by atoms with E-state index in [9.17, 15) is 9.18 Å². The molecule has 1 unspecified atom stereocenters. The summed E-state index contributed by atoms with van der Waals surface area (Å²) in [5.74, 6) is -1.60. The maximum absolute atomic E-state index is 12.7. The summed E-state index contributed by atoms with van der Waals surface area (Å²) in [7, 11) is 0. The predicted molar refractivity (Wildman–Crippen MR) is 53.3 cm³/mol. The van der Waals surface area contributed by atoms with Crippen molar-refractivity contribution in [2.75, 3.05) is 0 Å². The molecule has 5 heteroatoms. The number of carbonyl (C=O) groups is 1. The normalized spacial score (nSPS) is 14.9. The molecule has 3 N–H and O–H groups in total. The van der Waals surface area contributed by atoms with Gasteiger partial charge in [-0.25, -0.2) is 9.18 Å². The number of hydrogen-bond acceptors (Lipinski definition) is 2. The van der Waals surface area contributed by atoms with Crippen molar-refractivity contribution in [3.05, 3.63) is 34.1 Å². The third kappa shape index (κ3) is 1.93. The first-order chi connectivity index (χ1) is 6.35. The van der Waals surface area contributed by atoms with E-state index in [0.717, 1.165) is 0 Å². The molecule has 0 radical (unpaired) electrons. The maximum Gasteiger partial charge on any atom is 0.328 e. The second-order valence-corrected chi connectivity index (χ2v) is 3.99. The van der Waals surface area contributed by atoms with Gasteiger partial charge in [0.25, 0.3) is 0 Å². The van der Waals surface area contributed by atoms with Crippen LogP contribution in [-0.4, -0.2) is 11.1 Å². The first-order valence-corrected chi connectivity index (χ1v) is 4.63. The largest absolute Gasteiger partial charge is 0.480 e. The first kappa shape index (κ1) is 11.1. The molecule has 76 valence electrons. The van der Waals surface area contributed by atoms with Gasteiger partial charge < -0.3 is 10.8 Å². The fourth-order valence-corrected chi connectivity index (χ4v) is 1.79. The third-order valence-corrected chi connectivity index (χ3v) is 2.59. The second kappa shape index (κ2) is 3.67. The standard InChI is InChI=1S/C9H9BrFNO2/c1-9(12,8(13)14)6-3-2-5(11)4-7(6)10/h2-4H,12H2,1H3,(H,13,14). The Kier molecular flexibility index (Phi) is 2.92. The van der Waals surface area contributed by atoms with Gasteiger partial charge in [0.2, 0.25) is 0 Å². The average molecular weight is 262 g/mol. The number of aliphatic carboxylic acids is 1. The first-order valence-electron chi connectivity index (χ1n) is 3.83. The Morgan fingerprint density at radius 3 is 2.64 bits per heavy atom. The molecule has 0 saturated heterocycles. The lowest BCUT2D eigenvalue weighted by Crippen LogP contribution is -2.42. The highest BCUT2D eigenvalue weighted by atomic mass is 79.9. The van der Waals surface area contributed by atoms with Crippen molar-refractivity contribution >= 4 is 21.9 Å². The van der Waals surface area contributed by atoms with Crippen LogP contribution >= 0.6 is 15.9 Å². The number of carboxylic acids is 1. The highest BCUT2D eigenvalue weighted by molar-refractivity contribution is 9.10. The molecule has 0 aliphatic heterocycles. The van der Waals surface area contributed by atoms with Crippen LogP contribution in [0.2, 0.25) is 0 Å². The molecular formula is C9H9BrFNO2. The molecule has 0 aliphatic carbocycles. The summed E-state index contributed by atoms with van der Waals surface area (Å²) in [4.78, 5) is 10.8. The van der Waals surface area contributed by atoms with Crippen LogP contribution < -0.4 is 5.73 Å². The van der Waals surface area contributed by atoms with Gasteiger partial charge in [-0.2, -0.15) is 0 Å². The Balaban J connectivity index is 3.26. The SMILES string of the molecule is CC(N)(C(=O)O)c1ccc(F)cc1Br. The lowest BCUT2D eigenvalue weighted by Gasteiger charge is -2.20. The summed E-state index contributed by atoms with van der Waals surface area (Å²) in [6.07, 6.45) is 0. The van der Waals surface area contributed by atoms with Gasteiger partial charge in [-0.1, -0.05) is 22.0 Å². The van der Waals surface area contributed by atoms with E-state index in [2.05, 4.69) is 15.9 Å². The van der Waals surface area contributed by atoms with E-state index < -0.39 is 17.3 Å². The molecule has 0 bridgehead atoms. The molecule has 0 spiro atoms. The molecule has 3 nitrogen and oxygen atoms in total. The molecule has 0 aromatic heterocycles. The van der Waals surface area contributed by atoms with E-state index >= 15 is 0 Å². The zero-order valence-electron chi connectivity index (χ0n) is 7.42. The minimum Gasteiger partial charge on any atom is -0.480 e. The number of halogens is 2. The summed E-state index contributed by atoms with van der Waals surface area (Å²) < 4.78 is 13.1. The van der Waals surface area contributed by atoms with Crippen molar-refractivity contribution in [1.29, 1.82) is 0 Å². The molecule has 0 amide bonds. The number of nitrogens with two attached hydrogens (primary N) is 1. The van der Waals surface area contributed by atoms with Gasteiger partial charge in [0, 0.05) is 4.47 Å². The fraction of sp³-hybridized carbons (Fsp3) is 0.222. The van der Waals surface area contributed by atoms with E-state index in [-0.39, 0.29) is 0 Å². The lowest BCUT2D eigenvalue weighted by atomic mass is 9.93. The molecule has 1 atom stereocenters. The summed E-state index contributed by atoms with van der Waals surface area (Å²) in [6.45, 7) is 1.35. The maximum atomic E-state index is 12.7. The summed E-state index contributed by atoms with van der Waals surface area (Å²) >= 11 is 3.07. The lowest BCUT2D eigenvalue weighted by molar-refractivity contribution is -0.143. The molecule has 1 rings (SSSR count). The molecule has 0 fully saturated rings. The van der Waals surface area contributed by atoms with Crippen LogP contribution in [0, 0.1) is 5.82 Å². The van der Waals surface area contributed by atoms with E-state index in [4.69, 9.17) is 10.8 Å². The van der Waals surface area contributed by atoms with E-state index in [1.807, 2.05) is 0 Å². The number of rotatable bonds is 2. The summed E-state index contributed by atoms with van der Waals surface area (Å²) in [5.41, 5.74) is 4.40. The van der Waals surface area contributed by atoms with Gasteiger partial charge in [0.15, 0.2) is 0 Å². The topological polar surface area (TPSA) is 63.3 Å². The Hall–Kier alpha value is -0.940. The van der Waals surface area contributed by atoms with Crippen LogP contribution in [0.5, 0.6) is 0 Å². The molecule has 1 aromatic rings. The van der Waals surface area contributed by atoms with Crippen molar-refractivity contribution in [3.63, 3.8) is 0 Å². The zero-order valence-corrected chi connectivity index (χ0v) is 9.01. The molecule has 1 aromatic carbocycles. The Bertz CT molecular complexity index is 379. The number of benzene rings is 1. The second-order valence-electron chi connectivity index (χ2n) is 3.13. The van der Waals surface area contributed by atoms with E-state index in [1.165, 1.54) is 25.1 Å². The molecule has 0 saturated carbocycles. The molecular weight excluding hydrogens is 253 g/mol. The average Bonchev–Trinajstić information content (AvgIpc) is 2.02. The summed E-state index contributed by atoms with van der Waals surface area (Å²) in [6, 6.07) is 3.71. The monoisotopic (exact) mass is 261 g/mol. The van der Waals surface area contributed by atoms with Gasteiger partial charge in [-0.05, 0) is 24.6 Å². The highest BCUT2D eigenvalue weighted by Gasteiger charge is 2.32. The van der Waals surface area contributed by atoms with Crippen molar-refractivity contribution < 1.29 is 14.3 Å². The smallest absolute Gasteiger partial charge is 0.328 e. The van der Waals surface area contributed by atoms with Gasteiger partial charge in [0.05, 0.1) is 0 Å². The Labute approximate surface area is 88.9 Å².